The Bertz CT molecular complexity index is 852. The highest BCUT2D eigenvalue weighted by Crippen LogP contribution is 2.52. The number of allylic oxidation sites excluding steroid dienone is 2. The van der Waals surface area contributed by atoms with E-state index >= 15 is 0 Å². The first-order valence-electron chi connectivity index (χ1n) is 9.92. The zero-order chi connectivity index (χ0) is 20.3. The summed E-state index contributed by atoms with van der Waals surface area (Å²) in [6.07, 6.45) is 9.13. The minimum absolute atomic E-state index is 0.00332. The average Bonchev–Trinajstić information content (AvgIpc) is 3.23. The van der Waals surface area contributed by atoms with E-state index < -0.39 is 21.8 Å². The zero-order valence-electron chi connectivity index (χ0n) is 16.1. The quantitative estimate of drug-likeness (QED) is 0.479. The molecule has 2 fully saturated rings. The van der Waals surface area contributed by atoms with Gasteiger partial charge in [0.25, 0.3) is 0 Å². The van der Waals surface area contributed by atoms with Crippen molar-refractivity contribution in [2.45, 2.75) is 50.3 Å². The summed E-state index contributed by atoms with van der Waals surface area (Å²) in [5.41, 5.74) is 0.525. The molecule has 0 aliphatic heterocycles. The van der Waals surface area contributed by atoms with E-state index in [1.807, 2.05) is 6.08 Å². The van der Waals surface area contributed by atoms with Crippen molar-refractivity contribution in [3.05, 3.63) is 41.7 Å². The summed E-state index contributed by atoms with van der Waals surface area (Å²) in [7, 11) is -3.76. The second-order valence-corrected chi connectivity index (χ2v) is 9.79. The minimum atomic E-state index is -3.76. The smallest absolute Gasteiger partial charge is 0.303 e. The molecule has 1 aromatic carbocycles. The molecule has 0 radical (unpaired) electrons. The maximum atomic E-state index is 13.5. The lowest BCUT2D eigenvalue weighted by atomic mass is 9.79. The van der Waals surface area contributed by atoms with Crippen LogP contribution < -0.4 is 4.72 Å². The van der Waals surface area contributed by atoms with Crippen molar-refractivity contribution in [3.8, 4) is 0 Å². The molecule has 2 aliphatic rings. The molecule has 7 heteroatoms. The summed E-state index contributed by atoms with van der Waals surface area (Å²) in [4.78, 5) is 10.6. The molecule has 0 unspecified atom stereocenters. The van der Waals surface area contributed by atoms with Gasteiger partial charge in [-0.1, -0.05) is 18.2 Å². The molecule has 4 atom stereocenters. The topological polar surface area (TPSA) is 83.5 Å². The van der Waals surface area contributed by atoms with Crippen LogP contribution in [0.3, 0.4) is 0 Å². The number of rotatable bonds is 9. The fourth-order valence-corrected chi connectivity index (χ4v) is 6.16. The van der Waals surface area contributed by atoms with Gasteiger partial charge in [-0.15, -0.1) is 0 Å². The van der Waals surface area contributed by atoms with E-state index in [0.717, 1.165) is 25.3 Å². The Morgan fingerprint density at radius 3 is 2.82 bits per heavy atom. The first kappa shape index (κ1) is 21.0. The van der Waals surface area contributed by atoms with Gasteiger partial charge in [-0.3, -0.25) is 4.79 Å². The van der Waals surface area contributed by atoms with Crippen LogP contribution in [0.4, 0.5) is 4.39 Å². The van der Waals surface area contributed by atoms with Crippen LogP contribution in [-0.2, 0) is 14.8 Å². The Labute approximate surface area is 166 Å². The number of hydrogen-bond donors (Lipinski definition) is 2. The molecule has 5 nitrogen and oxygen atoms in total. The number of sulfonamides is 1. The van der Waals surface area contributed by atoms with Gasteiger partial charge in [-0.2, -0.15) is 0 Å². The second-order valence-electron chi connectivity index (χ2n) is 8.05. The number of aliphatic carboxylic acids is 1. The number of benzene rings is 1. The highest BCUT2D eigenvalue weighted by Gasteiger charge is 2.46. The van der Waals surface area contributed by atoms with Crippen LogP contribution in [0.25, 0.3) is 0 Å². The van der Waals surface area contributed by atoms with Gasteiger partial charge in [0.1, 0.15) is 5.82 Å². The number of hydrogen-bond acceptors (Lipinski definition) is 3. The first-order valence-corrected chi connectivity index (χ1v) is 11.4. The van der Waals surface area contributed by atoms with Crippen LogP contribution in [0.5, 0.6) is 0 Å². The minimum Gasteiger partial charge on any atom is -0.481 e. The molecule has 1 aromatic rings. The number of halogens is 1. The van der Waals surface area contributed by atoms with Crippen molar-refractivity contribution >= 4 is 16.0 Å². The third-order valence-electron chi connectivity index (χ3n) is 6.23. The number of carboxylic acid groups (broad SMARTS) is 1. The Kier molecular flexibility index (Phi) is 6.55. The van der Waals surface area contributed by atoms with Gasteiger partial charge in [0.2, 0.25) is 10.0 Å². The number of fused-ring (bicyclic) bond motifs is 2. The lowest BCUT2D eigenvalue weighted by molar-refractivity contribution is -0.137. The first-order chi connectivity index (χ1) is 13.3. The van der Waals surface area contributed by atoms with E-state index in [1.165, 1.54) is 18.6 Å². The van der Waals surface area contributed by atoms with E-state index in [9.17, 15) is 17.6 Å². The SMILES string of the molecule is Cc1ccc(F)cc1S(=O)(=O)NC[C@H]1[C@H]2CC[C@H](C2)[C@@H]1/C=C\CCCC(=O)O. The molecular weight excluding hydrogens is 381 g/mol. The molecule has 2 aliphatic carbocycles. The Morgan fingerprint density at radius 2 is 2.07 bits per heavy atom. The molecule has 0 amide bonds. The molecule has 0 aromatic heterocycles. The van der Waals surface area contributed by atoms with E-state index in [4.69, 9.17) is 5.11 Å². The second kappa shape index (κ2) is 8.74. The summed E-state index contributed by atoms with van der Waals surface area (Å²) in [5, 5.41) is 8.72. The van der Waals surface area contributed by atoms with Crippen molar-refractivity contribution < 1.29 is 22.7 Å². The molecular formula is C21H28FNO4S. The summed E-state index contributed by atoms with van der Waals surface area (Å²) >= 11 is 0. The van der Waals surface area contributed by atoms with Gasteiger partial charge in [0, 0.05) is 13.0 Å². The van der Waals surface area contributed by atoms with Crippen molar-refractivity contribution in [1.82, 2.24) is 4.72 Å². The third kappa shape index (κ3) is 4.81. The molecule has 3 rings (SSSR count). The normalized spacial score (nSPS) is 26.9. The Morgan fingerprint density at radius 1 is 1.32 bits per heavy atom. The molecule has 0 saturated heterocycles. The van der Waals surface area contributed by atoms with Crippen molar-refractivity contribution in [1.29, 1.82) is 0 Å². The van der Waals surface area contributed by atoms with Gasteiger partial charge in [-0.25, -0.2) is 17.5 Å². The summed E-state index contributed by atoms with van der Waals surface area (Å²) in [6, 6.07) is 3.80. The predicted octanol–water partition coefficient (Wildman–Crippen LogP) is 3.89. The van der Waals surface area contributed by atoms with E-state index in [2.05, 4.69) is 10.8 Å². The van der Waals surface area contributed by atoms with Crippen LogP contribution >= 0.6 is 0 Å². The van der Waals surface area contributed by atoms with Crippen LogP contribution in [0, 0.1) is 36.4 Å². The number of aryl methyl sites for hydroxylation is 1. The largest absolute Gasteiger partial charge is 0.481 e. The molecule has 0 heterocycles. The predicted molar refractivity (Wildman–Crippen MR) is 105 cm³/mol. The summed E-state index contributed by atoms with van der Waals surface area (Å²) < 4.78 is 41.6. The number of nitrogens with one attached hydrogen (secondary N) is 1. The van der Waals surface area contributed by atoms with Crippen LogP contribution in [0.15, 0.2) is 35.2 Å². The summed E-state index contributed by atoms with van der Waals surface area (Å²) in [5.74, 6) is 0.292. The number of carboxylic acids is 1. The maximum Gasteiger partial charge on any atom is 0.303 e. The van der Waals surface area contributed by atoms with Crippen LogP contribution in [-0.4, -0.2) is 26.0 Å². The molecule has 0 spiro atoms. The molecule has 2 saturated carbocycles. The lowest BCUT2D eigenvalue weighted by Crippen LogP contribution is -2.35. The fraction of sp³-hybridized carbons (Fsp3) is 0.571. The molecule has 2 bridgehead atoms. The molecule has 154 valence electrons. The molecule has 2 N–H and O–H groups in total. The van der Waals surface area contributed by atoms with Gasteiger partial charge in [0.05, 0.1) is 4.90 Å². The Hall–Kier alpha value is -1.73. The van der Waals surface area contributed by atoms with E-state index in [1.54, 1.807) is 6.92 Å². The van der Waals surface area contributed by atoms with Gasteiger partial charge in [-0.05, 0) is 80.4 Å². The summed E-state index contributed by atoms with van der Waals surface area (Å²) in [6.45, 7) is 2.01. The number of unbranched alkanes of at least 4 members (excludes halogenated alkanes) is 1. The van der Waals surface area contributed by atoms with Crippen molar-refractivity contribution in [2.24, 2.45) is 23.7 Å². The Balaban J connectivity index is 1.64. The highest BCUT2D eigenvalue weighted by atomic mass is 32.2. The van der Waals surface area contributed by atoms with Crippen LogP contribution in [0.2, 0.25) is 0 Å². The number of carbonyl (C=O) groups is 1. The maximum absolute atomic E-state index is 13.5. The third-order valence-corrected chi connectivity index (χ3v) is 7.79. The van der Waals surface area contributed by atoms with Crippen molar-refractivity contribution in [2.75, 3.05) is 6.54 Å². The monoisotopic (exact) mass is 409 g/mol. The highest BCUT2D eigenvalue weighted by molar-refractivity contribution is 7.89. The van der Waals surface area contributed by atoms with Gasteiger partial charge in [0.15, 0.2) is 0 Å². The average molecular weight is 410 g/mol. The van der Waals surface area contributed by atoms with Crippen molar-refractivity contribution in [3.63, 3.8) is 0 Å². The van der Waals surface area contributed by atoms with E-state index in [-0.39, 0.29) is 17.2 Å². The van der Waals surface area contributed by atoms with Gasteiger partial charge >= 0.3 is 5.97 Å². The zero-order valence-corrected chi connectivity index (χ0v) is 16.9. The van der Waals surface area contributed by atoms with E-state index in [0.29, 0.717) is 36.3 Å². The van der Waals surface area contributed by atoms with Gasteiger partial charge < -0.3 is 5.11 Å². The van der Waals surface area contributed by atoms with Crippen LogP contribution in [0.1, 0.15) is 44.1 Å². The fourth-order valence-electron chi connectivity index (χ4n) is 4.83. The molecule has 28 heavy (non-hydrogen) atoms. The lowest BCUT2D eigenvalue weighted by Gasteiger charge is -2.29. The standard InChI is InChI=1S/C21H28FNO4S/c1-14-7-10-17(22)12-20(14)28(26,27)23-13-19-16-9-8-15(11-16)18(19)5-3-2-4-6-21(24)25/h3,5,7,10,12,15-16,18-19,23H,2,4,6,8-9,11,13H2,1H3,(H,24,25)/b5-3-/t15-,16+,18+,19+/m1/s1.